The number of carbonyl (C=O) groups is 1. The Balaban J connectivity index is 1.29. The van der Waals surface area contributed by atoms with Crippen molar-refractivity contribution < 1.29 is 9.21 Å². The maximum atomic E-state index is 12.6. The van der Waals surface area contributed by atoms with Crippen LogP contribution in [0.3, 0.4) is 0 Å². The predicted molar refractivity (Wildman–Crippen MR) is 93.5 cm³/mol. The molecular weight excluding hydrogens is 324 g/mol. The SMILES string of the molecule is CSc1nc2c(o1)CN(CC(=O)N1CCN(C3CCC3)CC1)C=C2. The number of nitrogens with zero attached hydrogens (tertiary/aromatic N) is 4. The summed E-state index contributed by atoms with van der Waals surface area (Å²) in [4.78, 5) is 23.5. The van der Waals surface area contributed by atoms with E-state index < -0.39 is 0 Å². The van der Waals surface area contributed by atoms with Crippen LogP contribution in [0.25, 0.3) is 6.08 Å². The standard InChI is InChI=1S/C17H24N4O2S/c1-24-17-18-14-5-6-19(11-15(14)23-17)12-16(22)21-9-7-20(8-10-21)13-3-2-4-13/h5-6,13H,2-4,7-12H2,1H3. The zero-order chi connectivity index (χ0) is 16.5. The molecule has 3 aliphatic rings. The number of amides is 1. The van der Waals surface area contributed by atoms with Crippen LogP contribution in [0, 0.1) is 0 Å². The molecule has 7 heteroatoms. The van der Waals surface area contributed by atoms with Gasteiger partial charge in [0, 0.05) is 38.4 Å². The number of fused-ring (bicyclic) bond motifs is 1. The second kappa shape index (κ2) is 6.80. The van der Waals surface area contributed by atoms with Gasteiger partial charge in [-0.1, -0.05) is 18.2 Å². The highest BCUT2D eigenvalue weighted by Gasteiger charge is 2.30. The molecule has 2 fully saturated rings. The third-order valence-corrected chi connectivity index (χ3v) is 5.79. The second-order valence-corrected chi connectivity index (χ2v) is 7.47. The Morgan fingerprint density at radius 1 is 1.33 bits per heavy atom. The average molecular weight is 348 g/mol. The van der Waals surface area contributed by atoms with E-state index >= 15 is 0 Å². The Hall–Kier alpha value is -1.47. The second-order valence-electron chi connectivity index (χ2n) is 6.71. The van der Waals surface area contributed by atoms with Crippen LogP contribution in [0.1, 0.15) is 30.7 Å². The monoisotopic (exact) mass is 348 g/mol. The molecule has 24 heavy (non-hydrogen) atoms. The third-order valence-electron chi connectivity index (χ3n) is 5.27. The summed E-state index contributed by atoms with van der Waals surface area (Å²) in [5, 5.41) is 0.685. The lowest BCUT2D eigenvalue weighted by molar-refractivity contribution is -0.134. The molecule has 0 radical (unpaired) electrons. The molecule has 0 atom stereocenters. The van der Waals surface area contributed by atoms with Crippen molar-refractivity contribution in [3.8, 4) is 0 Å². The van der Waals surface area contributed by atoms with Gasteiger partial charge in [0.15, 0.2) is 5.76 Å². The minimum Gasteiger partial charge on any atom is -0.434 e. The highest BCUT2D eigenvalue weighted by atomic mass is 32.2. The first-order valence-electron chi connectivity index (χ1n) is 8.70. The van der Waals surface area contributed by atoms with Crippen LogP contribution in [0.15, 0.2) is 15.8 Å². The van der Waals surface area contributed by atoms with E-state index in [-0.39, 0.29) is 5.91 Å². The van der Waals surface area contributed by atoms with Gasteiger partial charge in [-0.3, -0.25) is 9.69 Å². The molecular formula is C17H24N4O2S. The number of aromatic nitrogens is 1. The van der Waals surface area contributed by atoms with E-state index in [1.807, 2.05) is 28.3 Å². The van der Waals surface area contributed by atoms with Crippen molar-refractivity contribution in [2.75, 3.05) is 39.0 Å². The zero-order valence-electron chi connectivity index (χ0n) is 14.1. The molecule has 0 unspecified atom stereocenters. The molecule has 1 saturated carbocycles. The average Bonchev–Trinajstić information content (AvgIpc) is 2.96. The lowest BCUT2D eigenvalue weighted by Gasteiger charge is -2.43. The van der Waals surface area contributed by atoms with Gasteiger partial charge in [0.1, 0.15) is 5.69 Å². The van der Waals surface area contributed by atoms with Gasteiger partial charge < -0.3 is 14.2 Å². The van der Waals surface area contributed by atoms with Gasteiger partial charge in [-0.2, -0.15) is 0 Å². The Kier molecular flexibility index (Phi) is 4.54. The van der Waals surface area contributed by atoms with Gasteiger partial charge >= 0.3 is 0 Å². The maximum Gasteiger partial charge on any atom is 0.256 e. The van der Waals surface area contributed by atoms with Crippen LogP contribution in [0.5, 0.6) is 0 Å². The van der Waals surface area contributed by atoms with Crippen molar-refractivity contribution in [2.24, 2.45) is 0 Å². The predicted octanol–water partition coefficient (Wildman–Crippen LogP) is 1.88. The highest BCUT2D eigenvalue weighted by molar-refractivity contribution is 7.98. The minimum atomic E-state index is 0.209. The molecule has 0 bridgehead atoms. The van der Waals surface area contributed by atoms with E-state index in [4.69, 9.17) is 4.42 Å². The van der Waals surface area contributed by atoms with Crippen molar-refractivity contribution in [1.82, 2.24) is 19.7 Å². The molecule has 1 aliphatic carbocycles. The van der Waals surface area contributed by atoms with Crippen molar-refractivity contribution in [3.05, 3.63) is 17.7 Å². The Morgan fingerprint density at radius 2 is 2.12 bits per heavy atom. The first-order chi connectivity index (χ1) is 11.7. The number of oxazole rings is 1. The summed E-state index contributed by atoms with van der Waals surface area (Å²) < 4.78 is 5.70. The number of hydrogen-bond acceptors (Lipinski definition) is 6. The Morgan fingerprint density at radius 3 is 2.79 bits per heavy atom. The Bertz CT molecular complexity index is 633. The first kappa shape index (κ1) is 16.0. The molecule has 4 rings (SSSR count). The fourth-order valence-corrected chi connectivity index (χ4v) is 3.93. The Labute approximate surface area is 146 Å². The maximum absolute atomic E-state index is 12.6. The zero-order valence-corrected chi connectivity index (χ0v) is 14.9. The molecule has 3 heterocycles. The van der Waals surface area contributed by atoms with Crippen LogP contribution in [0.4, 0.5) is 0 Å². The van der Waals surface area contributed by atoms with Crippen LogP contribution in [0.2, 0.25) is 0 Å². The van der Waals surface area contributed by atoms with Gasteiger partial charge in [0.25, 0.3) is 5.22 Å². The van der Waals surface area contributed by atoms with Gasteiger partial charge in [-0.25, -0.2) is 4.98 Å². The van der Waals surface area contributed by atoms with Crippen molar-refractivity contribution >= 4 is 23.7 Å². The molecule has 1 amide bonds. The fraction of sp³-hybridized carbons (Fsp3) is 0.647. The number of rotatable bonds is 4. The summed E-state index contributed by atoms with van der Waals surface area (Å²) in [5.74, 6) is 1.06. The summed E-state index contributed by atoms with van der Waals surface area (Å²) in [6.07, 6.45) is 9.88. The van der Waals surface area contributed by atoms with Crippen LogP contribution < -0.4 is 0 Å². The van der Waals surface area contributed by atoms with Gasteiger partial charge in [0.2, 0.25) is 5.91 Å². The molecule has 1 aromatic heterocycles. The number of hydrogen-bond donors (Lipinski definition) is 0. The van der Waals surface area contributed by atoms with Crippen molar-refractivity contribution in [2.45, 2.75) is 37.1 Å². The summed E-state index contributed by atoms with van der Waals surface area (Å²) in [6, 6.07) is 0.780. The number of carbonyl (C=O) groups excluding carboxylic acids is 1. The quantitative estimate of drug-likeness (QED) is 0.775. The molecule has 2 aliphatic heterocycles. The summed E-state index contributed by atoms with van der Waals surface area (Å²) in [7, 11) is 0. The molecule has 0 N–H and O–H groups in total. The molecule has 130 valence electrons. The lowest BCUT2D eigenvalue weighted by Crippen LogP contribution is -2.54. The normalized spacial score (nSPS) is 21.7. The van der Waals surface area contributed by atoms with E-state index in [0.29, 0.717) is 18.3 Å². The van der Waals surface area contributed by atoms with Crippen molar-refractivity contribution in [1.29, 1.82) is 0 Å². The molecule has 1 aromatic rings. The summed E-state index contributed by atoms with van der Waals surface area (Å²) in [5.41, 5.74) is 0.886. The van der Waals surface area contributed by atoms with Crippen LogP contribution >= 0.6 is 11.8 Å². The van der Waals surface area contributed by atoms with E-state index in [2.05, 4.69) is 9.88 Å². The van der Waals surface area contributed by atoms with Crippen LogP contribution in [-0.2, 0) is 11.3 Å². The largest absolute Gasteiger partial charge is 0.434 e. The first-order valence-corrected chi connectivity index (χ1v) is 9.93. The van der Waals surface area contributed by atoms with Crippen LogP contribution in [-0.4, -0.2) is 70.6 Å². The van der Waals surface area contributed by atoms with Gasteiger partial charge in [-0.05, 0) is 25.2 Å². The van der Waals surface area contributed by atoms with E-state index in [1.54, 1.807) is 0 Å². The minimum absolute atomic E-state index is 0.209. The molecule has 0 spiro atoms. The fourth-order valence-electron chi connectivity index (χ4n) is 3.56. The van der Waals surface area contributed by atoms with Gasteiger partial charge in [-0.15, -0.1) is 0 Å². The smallest absolute Gasteiger partial charge is 0.256 e. The number of thioether (sulfide) groups is 1. The number of piperazine rings is 1. The van der Waals surface area contributed by atoms with E-state index in [0.717, 1.165) is 43.7 Å². The summed E-state index contributed by atoms with van der Waals surface area (Å²) in [6.45, 7) is 4.79. The third kappa shape index (κ3) is 3.19. The van der Waals surface area contributed by atoms with E-state index in [9.17, 15) is 4.79 Å². The molecule has 1 saturated heterocycles. The highest BCUT2D eigenvalue weighted by Crippen LogP contribution is 2.26. The lowest BCUT2D eigenvalue weighted by atomic mass is 9.91. The summed E-state index contributed by atoms with van der Waals surface area (Å²) >= 11 is 1.50. The van der Waals surface area contributed by atoms with Gasteiger partial charge in [0.05, 0.1) is 13.1 Å². The molecule has 6 nitrogen and oxygen atoms in total. The van der Waals surface area contributed by atoms with E-state index in [1.165, 1.54) is 31.0 Å². The topological polar surface area (TPSA) is 52.8 Å². The molecule has 0 aromatic carbocycles. The van der Waals surface area contributed by atoms with Crippen molar-refractivity contribution in [3.63, 3.8) is 0 Å².